The zero-order valence-corrected chi connectivity index (χ0v) is 9.78. The van der Waals surface area contributed by atoms with Gasteiger partial charge in [-0.15, -0.1) is 0 Å². The molecule has 0 amide bonds. The van der Waals surface area contributed by atoms with Crippen molar-refractivity contribution in [1.29, 1.82) is 0 Å². The molecule has 18 heavy (non-hydrogen) atoms. The van der Waals surface area contributed by atoms with Gasteiger partial charge in [-0.2, -0.15) is 0 Å². The van der Waals surface area contributed by atoms with E-state index in [-0.39, 0.29) is 5.82 Å². The first kappa shape index (κ1) is 11.1. The molecule has 0 unspecified atom stereocenters. The van der Waals surface area contributed by atoms with Crippen molar-refractivity contribution in [2.75, 3.05) is 11.9 Å². The van der Waals surface area contributed by atoms with Gasteiger partial charge >= 0.3 is 0 Å². The SMILES string of the molecule is Fc1ccccc1Nc1ncc2c(n1)CCNC2. The quantitative estimate of drug-likeness (QED) is 0.848. The lowest BCUT2D eigenvalue weighted by atomic mass is 10.1. The fourth-order valence-electron chi connectivity index (χ4n) is 1.98. The van der Waals surface area contributed by atoms with E-state index in [0.717, 1.165) is 30.8 Å². The van der Waals surface area contributed by atoms with Crippen molar-refractivity contribution in [2.24, 2.45) is 0 Å². The standard InChI is InChI=1S/C13H13FN4/c14-10-3-1-2-4-12(10)18-13-16-8-9-7-15-6-5-11(9)17-13/h1-4,8,15H,5-7H2,(H,16,17,18). The summed E-state index contributed by atoms with van der Waals surface area (Å²) in [7, 11) is 0. The first-order valence-corrected chi connectivity index (χ1v) is 5.90. The molecule has 0 fully saturated rings. The number of fused-ring (bicyclic) bond motifs is 1. The molecule has 5 heteroatoms. The van der Waals surface area contributed by atoms with Crippen molar-refractivity contribution in [3.63, 3.8) is 0 Å². The van der Waals surface area contributed by atoms with E-state index in [1.165, 1.54) is 6.07 Å². The van der Waals surface area contributed by atoms with Crippen molar-refractivity contribution in [3.8, 4) is 0 Å². The summed E-state index contributed by atoms with van der Waals surface area (Å²) in [5, 5.41) is 6.16. The third-order valence-corrected chi connectivity index (χ3v) is 2.93. The van der Waals surface area contributed by atoms with Crippen LogP contribution in [0, 0.1) is 5.82 Å². The number of anilines is 2. The van der Waals surface area contributed by atoms with Crippen LogP contribution in [0.2, 0.25) is 0 Å². The van der Waals surface area contributed by atoms with Crippen LogP contribution in [-0.2, 0) is 13.0 Å². The third-order valence-electron chi connectivity index (χ3n) is 2.93. The normalized spacial score (nSPS) is 14.1. The highest BCUT2D eigenvalue weighted by Gasteiger charge is 2.12. The van der Waals surface area contributed by atoms with Crippen molar-refractivity contribution < 1.29 is 4.39 Å². The molecule has 0 spiro atoms. The van der Waals surface area contributed by atoms with Crippen molar-refractivity contribution in [1.82, 2.24) is 15.3 Å². The van der Waals surface area contributed by atoms with Crippen LogP contribution in [0.15, 0.2) is 30.5 Å². The van der Waals surface area contributed by atoms with Gasteiger partial charge in [0.2, 0.25) is 5.95 Å². The highest BCUT2D eigenvalue weighted by atomic mass is 19.1. The molecule has 1 aliphatic heterocycles. The summed E-state index contributed by atoms with van der Waals surface area (Å²) in [4.78, 5) is 8.62. The number of nitrogens with one attached hydrogen (secondary N) is 2. The molecule has 0 bridgehead atoms. The predicted molar refractivity (Wildman–Crippen MR) is 67.1 cm³/mol. The van der Waals surface area contributed by atoms with Crippen molar-refractivity contribution in [3.05, 3.63) is 47.5 Å². The average Bonchev–Trinajstić information content (AvgIpc) is 2.41. The van der Waals surface area contributed by atoms with Gasteiger partial charge in [0.1, 0.15) is 5.82 Å². The fraction of sp³-hybridized carbons (Fsp3) is 0.231. The zero-order chi connectivity index (χ0) is 12.4. The van der Waals surface area contributed by atoms with Crippen molar-refractivity contribution >= 4 is 11.6 Å². The lowest BCUT2D eigenvalue weighted by Gasteiger charge is -2.16. The number of para-hydroxylation sites is 1. The van der Waals surface area contributed by atoms with E-state index < -0.39 is 0 Å². The van der Waals surface area contributed by atoms with E-state index in [1.807, 2.05) is 0 Å². The van der Waals surface area contributed by atoms with Crippen LogP contribution in [0.5, 0.6) is 0 Å². The van der Waals surface area contributed by atoms with Gasteiger partial charge in [-0.1, -0.05) is 12.1 Å². The first-order chi connectivity index (χ1) is 8.83. The smallest absolute Gasteiger partial charge is 0.227 e. The highest BCUT2D eigenvalue weighted by Crippen LogP contribution is 2.18. The number of aromatic nitrogens is 2. The Bertz CT molecular complexity index is 571. The second-order valence-electron chi connectivity index (χ2n) is 4.20. The zero-order valence-electron chi connectivity index (χ0n) is 9.78. The van der Waals surface area contributed by atoms with Crippen LogP contribution in [0.1, 0.15) is 11.3 Å². The summed E-state index contributed by atoms with van der Waals surface area (Å²) in [6.07, 6.45) is 2.67. The van der Waals surface area contributed by atoms with Gasteiger partial charge in [-0.25, -0.2) is 14.4 Å². The van der Waals surface area contributed by atoms with Gasteiger partial charge in [0.15, 0.2) is 0 Å². The molecule has 2 heterocycles. The summed E-state index contributed by atoms with van der Waals surface area (Å²) in [6.45, 7) is 1.72. The second kappa shape index (κ2) is 4.70. The summed E-state index contributed by atoms with van der Waals surface area (Å²) >= 11 is 0. The predicted octanol–water partition coefficient (Wildman–Crippen LogP) is 2.00. The van der Waals surface area contributed by atoms with Gasteiger partial charge in [0.05, 0.1) is 11.4 Å². The molecule has 0 radical (unpaired) electrons. The minimum Gasteiger partial charge on any atom is -0.322 e. The molecule has 1 aromatic carbocycles. The van der Waals surface area contributed by atoms with Crippen LogP contribution < -0.4 is 10.6 Å². The lowest BCUT2D eigenvalue weighted by molar-refractivity contribution is 0.625. The number of hydrogen-bond acceptors (Lipinski definition) is 4. The maximum absolute atomic E-state index is 13.5. The van der Waals surface area contributed by atoms with Crippen LogP contribution in [0.3, 0.4) is 0 Å². The molecule has 2 N–H and O–H groups in total. The molecular weight excluding hydrogens is 231 g/mol. The Labute approximate surface area is 104 Å². The maximum Gasteiger partial charge on any atom is 0.227 e. The Hall–Kier alpha value is -2.01. The first-order valence-electron chi connectivity index (χ1n) is 5.90. The molecular formula is C13H13FN4. The number of halogens is 1. The van der Waals surface area contributed by atoms with E-state index >= 15 is 0 Å². The minimum atomic E-state index is -0.305. The largest absolute Gasteiger partial charge is 0.322 e. The van der Waals surface area contributed by atoms with Gasteiger partial charge in [-0.3, -0.25) is 0 Å². The number of hydrogen-bond donors (Lipinski definition) is 2. The molecule has 3 rings (SSSR count). The van der Waals surface area contributed by atoms with Crippen LogP contribution in [-0.4, -0.2) is 16.5 Å². The van der Waals surface area contributed by atoms with E-state index in [4.69, 9.17) is 0 Å². The maximum atomic E-state index is 13.5. The van der Waals surface area contributed by atoms with Crippen LogP contribution in [0.25, 0.3) is 0 Å². The summed E-state index contributed by atoms with van der Waals surface area (Å²) < 4.78 is 13.5. The molecule has 0 aliphatic carbocycles. The summed E-state index contributed by atoms with van der Waals surface area (Å²) in [6, 6.07) is 6.50. The highest BCUT2D eigenvalue weighted by molar-refractivity contribution is 5.54. The molecule has 0 saturated carbocycles. The molecule has 1 aromatic heterocycles. The molecule has 2 aromatic rings. The third kappa shape index (κ3) is 2.17. The monoisotopic (exact) mass is 244 g/mol. The number of benzene rings is 1. The molecule has 4 nitrogen and oxygen atoms in total. The van der Waals surface area contributed by atoms with E-state index in [0.29, 0.717) is 11.6 Å². The lowest BCUT2D eigenvalue weighted by Crippen LogP contribution is -2.25. The van der Waals surface area contributed by atoms with E-state index in [2.05, 4.69) is 20.6 Å². The van der Waals surface area contributed by atoms with Gasteiger partial charge in [-0.05, 0) is 12.1 Å². The number of nitrogens with zero attached hydrogens (tertiary/aromatic N) is 2. The molecule has 0 saturated heterocycles. The second-order valence-corrected chi connectivity index (χ2v) is 4.20. The Morgan fingerprint density at radius 2 is 2.17 bits per heavy atom. The molecule has 92 valence electrons. The van der Waals surface area contributed by atoms with Gasteiger partial charge in [0, 0.05) is 31.3 Å². The number of rotatable bonds is 2. The minimum absolute atomic E-state index is 0.305. The summed E-state index contributed by atoms with van der Waals surface area (Å²) in [5.74, 6) is 0.140. The summed E-state index contributed by atoms with van der Waals surface area (Å²) in [5.41, 5.74) is 2.54. The topological polar surface area (TPSA) is 49.8 Å². The Kier molecular flexibility index (Phi) is 2.90. The van der Waals surface area contributed by atoms with Gasteiger partial charge in [0.25, 0.3) is 0 Å². The molecule has 0 atom stereocenters. The Morgan fingerprint density at radius 3 is 3.06 bits per heavy atom. The van der Waals surface area contributed by atoms with Crippen LogP contribution >= 0.6 is 0 Å². The Morgan fingerprint density at radius 1 is 1.28 bits per heavy atom. The molecule has 1 aliphatic rings. The van der Waals surface area contributed by atoms with E-state index in [1.54, 1.807) is 24.4 Å². The average molecular weight is 244 g/mol. The van der Waals surface area contributed by atoms with Crippen LogP contribution in [0.4, 0.5) is 16.0 Å². The Balaban J connectivity index is 1.87. The van der Waals surface area contributed by atoms with Gasteiger partial charge < -0.3 is 10.6 Å². The fourth-order valence-corrected chi connectivity index (χ4v) is 1.98. The van der Waals surface area contributed by atoms with E-state index in [9.17, 15) is 4.39 Å². The van der Waals surface area contributed by atoms with Crippen molar-refractivity contribution in [2.45, 2.75) is 13.0 Å².